The van der Waals surface area contributed by atoms with Crippen LogP contribution in [0.15, 0.2) is 30.3 Å². The summed E-state index contributed by atoms with van der Waals surface area (Å²) in [5.41, 5.74) is 1.04. The molecule has 1 aromatic rings. The van der Waals surface area contributed by atoms with Gasteiger partial charge in [-0.3, -0.25) is 10.1 Å². The normalized spacial score (nSPS) is 11.3. The van der Waals surface area contributed by atoms with Crippen molar-refractivity contribution in [2.75, 3.05) is 13.1 Å². The van der Waals surface area contributed by atoms with Crippen LogP contribution in [0.2, 0.25) is 0 Å². The first-order chi connectivity index (χ1) is 9.63. The molecule has 0 saturated heterocycles. The predicted molar refractivity (Wildman–Crippen MR) is 76.0 cm³/mol. The van der Waals surface area contributed by atoms with E-state index >= 15 is 0 Å². The molecule has 0 radical (unpaired) electrons. The van der Waals surface area contributed by atoms with Crippen molar-refractivity contribution in [2.24, 2.45) is 0 Å². The van der Waals surface area contributed by atoms with Crippen LogP contribution in [0.1, 0.15) is 12.0 Å². The highest BCUT2D eigenvalue weighted by molar-refractivity contribution is 5.84. The van der Waals surface area contributed by atoms with E-state index in [9.17, 15) is 9.59 Å². The van der Waals surface area contributed by atoms with Crippen molar-refractivity contribution in [2.45, 2.75) is 18.9 Å². The summed E-state index contributed by atoms with van der Waals surface area (Å²) in [6.07, 6.45) is 5.98. The Hall–Kier alpha value is -2.32. The summed E-state index contributed by atoms with van der Waals surface area (Å²) in [6, 6.07) is 8.65. The molecule has 0 aromatic heterocycles. The number of carboxylic acid groups (broad SMARTS) is 1. The number of hydrogen-bond acceptors (Lipinski definition) is 3. The molecule has 0 bridgehead atoms. The SMILES string of the molecule is C#CCNCC(=O)NC(CCc1ccccc1)C(=O)O. The number of benzene rings is 1. The average Bonchev–Trinajstić information content (AvgIpc) is 2.44. The maximum absolute atomic E-state index is 11.5. The highest BCUT2D eigenvalue weighted by Gasteiger charge is 2.19. The maximum Gasteiger partial charge on any atom is 0.326 e. The van der Waals surface area contributed by atoms with E-state index < -0.39 is 12.0 Å². The van der Waals surface area contributed by atoms with E-state index in [1.807, 2.05) is 30.3 Å². The van der Waals surface area contributed by atoms with Gasteiger partial charge in [-0.2, -0.15) is 0 Å². The van der Waals surface area contributed by atoms with E-state index in [2.05, 4.69) is 16.6 Å². The number of aryl methyl sites for hydroxylation is 1. The van der Waals surface area contributed by atoms with Crippen LogP contribution in [-0.2, 0) is 16.0 Å². The first-order valence-corrected chi connectivity index (χ1v) is 6.33. The van der Waals surface area contributed by atoms with Crippen molar-refractivity contribution < 1.29 is 14.7 Å². The molecule has 0 aliphatic carbocycles. The summed E-state index contributed by atoms with van der Waals surface area (Å²) in [5, 5.41) is 14.3. The number of carbonyl (C=O) groups excluding carboxylic acids is 1. The standard InChI is InChI=1S/C15H18N2O3/c1-2-10-16-11-14(18)17-13(15(19)20)9-8-12-6-4-3-5-7-12/h1,3-7,13,16H,8-11H2,(H,17,18)(H,19,20). The van der Waals surface area contributed by atoms with Crippen molar-refractivity contribution in [3.8, 4) is 12.3 Å². The van der Waals surface area contributed by atoms with Crippen molar-refractivity contribution in [1.82, 2.24) is 10.6 Å². The molecule has 0 heterocycles. The molecule has 0 aliphatic rings. The highest BCUT2D eigenvalue weighted by atomic mass is 16.4. The van der Waals surface area contributed by atoms with Gasteiger partial charge in [0.2, 0.25) is 5.91 Å². The molecule has 106 valence electrons. The van der Waals surface area contributed by atoms with Crippen LogP contribution in [-0.4, -0.2) is 36.1 Å². The van der Waals surface area contributed by atoms with Crippen LogP contribution in [0.3, 0.4) is 0 Å². The summed E-state index contributed by atoms with van der Waals surface area (Å²) < 4.78 is 0. The molecular formula is C15H18N2O3. The van der Waals surface area contributed by atoms with Crippen LogP contribution in [0.25, 0.3) is 0 Å². The van der Waals surface area contributed by atoms with E-state index in [4.69, 9.17) is 11.5 Å². The average molecular weight is 274 g/mol. The Morgan fingerprint density at radius 2 is 2.00 bits per heavy atom. The van der Waals surface area contributed by atoms with Crippen molar-refractivity contribution in [1.29, 1.82) is 0 Å². The van der Waals surface area contributed by atoms with Gasteiger partial charge in [-0.05, 0) is 18.4 Å². The fraction of sp³-hybridized carbons (Fsp3) is 0.333. The van der Waals surface area contributed by atoms with E-state index in [-0.39, 0.29) is 19.0 Å². The third-order valence-corrected chi connectivity index (χ3v) is 2.71. The first-order valence-electron chi connectivity index (χ1n) is 6.33. The van der Waals surface area contributed by atoms with Crippen LogP contribution >= 0.6 is 0 Å². The molecule has 5 heteroatoms. The molecule has 0 fully saturated rings. The van der Waals surface area contributed by atoms with Gasteiger partial charge in [0.05, 0.1) is 13.1 Å². The minimum Gasteiger partial charge on any atom is -0.480 e. The van der Waals surface area contributed by atoms with E-state index in [1.165, 1.54) is 0 Å². The van der Waals surface area contributed by atoms with Gasteiger partial charge in [-0.25, -0.2) is 4.79 Å². The van der Waals surface area contributed by atoms with Crippen LogP contribution < -0.4 is 10.6 Å². The number of carbonyl (C=O) groups is 2. The quantitative estimate of drug-likeness (QED) is 0.474. The fourth-order valence-electron chi connectivity index (χ4n) is 1.71. The Morgan fingerprint density at radius 1 is 1.30 bits per heavy atom. The summed E-state index contributed by atoms with van der Waals surface area (Å²) in [6.45, 7) is 0.286. The molecule has 1 aromatic carbocycles. The van der Waals surface area contributed by atoms with Gasteiger partial charge in [0.15, 0.2) is 0 Å². The molecular weight excluding hydrogens is 256 g/mol. The second-order valence-corrected chi connectivity index (χ2v) is 4.29. The van der Waals surface area contributed by atoms with Crippen LogP contribution in [0, 0.1) is 12.3 Å². The third kappa shape index (κ3) is 6.03. The van der Waals surface area contributed by atoms with Crippen molar-refractivity contribution in [3.05, 3.63) is 35.9 Å². The maximum atomic E-state index is 11.5. The number of terminal acetylenes is 1. The van der Waals surface area contributed by atoms with Gasteiger partial charge < -0.3 is 10.4 Å². The number of hydrogen-bond donors (Lipinski definition) is 3. The zero-order valence-corrected chi connectivity index (χ0v) is 11.1. The lowest BCUT2D eigenvalue weighted by atomic mass is 10.1. The second-order valence-electron chi connectivity index (χ2n) is 4.29. The Bertz CT molecular complexity index is 480. The minimum absolute atomic E-state index is 0.0132. The Labute approximate surface area is 118 Å². The lowest BCUT2D eigenvalue weighted by Crippen LogP contribution is -2.44. The summed E-state index contributed by atoms with van der Waals surface area (Å²) >= 11 is 0. The van der Waals surface area contributed by atoms with E-state index in [0.717, 1.165) is 5.56 Å². The number of rotatable bonds is 8. The molecule has 20 heavy (non-hydrogen) atoms. The fourth-order valence-corrected chi connectivity index (χ4v) is 1.71. The van der Waals surface area contributed by atoms with Gasteiger partial charge in [0.1, 0.15) is 6.04 Å². The Kier molecular flexibility index (Phi) is 6.87. The lowest BCUT2D eigenvalue weighted by molar-refractivity contribution is -0.141. The van der Waals surface area contributed by atoms with Crippen LogP contribution in [0.5, 0.6) is 0 Å². The molecule has 1 amide bonds. The van der Waals surface area contributed by atoms with Gasteiger partial charge in [0.25, 0.3) is 0 Å². The smallest absolute Gasteiger partial charge is 0.326 e. The van der Waals surface area contributed by atoms with Gasteiger partial charge in [0, 0.05) is 0 Å². The molecule has 0 spiro atoms. The monoisotopic (exact) mass is 274 g/mol. The topological polar surface area (TPSA) is 78.4 Å². The number of amides is 1. The molecule has 0 aliphatic heterocycles. The minimum atomic E-state index is -1.04. The lowest BCUT2D eigenvalue weighted by Gasteiger charge is -2.14. The molecule has 5 nitrogen and oxygen atoms in total. The summed E-state index contributed by atoms with van der Waals surface area (Å²) in [7, 11) is 0. The molecule has 0 saturated carbocycles. The van der Waals surface area contributed by atoms with Gasteiger partial charge in [-0.15, -0.1) is 6.42 Å². The summed E-state index contributed by atoms with van der Waals surface area (Å²) in [5.74, 6) is 0.928. The number of aliphatic carboxylic acids is 1. The third-order valence-electron chi connectivity index (χ3n) is 2.71. The van der Waals surface area contributed by atoms with Crippen molar-refractivity contribution in [3.63, 3.8) is 0 Å². The first kappa shape index (κ1) is 15.7. The molecule has 1 unspecified atom stereocenters. The summed E-state index contributed by atoms with van der Waals surface area (Å²) in [4.78, 5) is 22.7. The molecule has 3 N–H and O–H groups in total. The molecule has 1 atom stereocenters. The highest BCUT2D eigenvalue weighted by Crippen LogP contribution is 2.05. The Morgan fingerprint density at radius 3 is 2.60 bits per heavy atom. The van der Waals surface area contributed by atoms with E-state index in [0.29, 0.717) is 12.8 Å². The zero-order valence-electron chi connectivity index (χ0n) is 11.1. The van der Waals surface area contributed by atoms with Gasteiger partial charge in [-0.1, -0.05) is 36.3 Å². The number of carboxylic acids is 1. The van der Waals surface area contributed by atoms with Crippen LogP contribution in [0.4, 0.5) is 0 Å². The Balaban J connectivity index is 2.43. The second kappa shape index (κ2) is 8.73. The van der Waals surface area contributed by atoms with E-state index in [1.54, 1.807) is 0 Å². The largest absolute Gasteiger partial charge is 0.480 e. The predicted octanol–water partition coefficient (Wildman–Crippen LogP) is 0.411. The van der Waals surface area contributed by atoms with Crippen molar-refractivity contribution >= 4 is 11.9 Å². The zero-order chi connectivity index (χ0) is 14.8. The number of nitrogens with one attached hydrogen (secondary N) is 2. The van der Waals surface area contributed by atoms with Gasteiger partial charge >= 0.3 is 5.97 Å². The molecule has 1 rings (SSSR count).